The average molecular weight is 528 g/mol. The lowest BCUT2D eigenvalue weighted by atomic mass is 9.89. The number of likely N-dealkylation sites (tertiary alicyclic amines) is 1. The average Bonchev–Trinajstić information content (AvgIpc) is 2.97. The third kappa shape index (κ3) is 5.91. The SMILES string of the molecule is COc1cncc(-c2cc3c(c(Nc4ccc(C5CCN(C(=O)CN(C)C)CC5)cc4)n2)C(C=O)NC=C3)n1. The first-order valence-corrected chi connectivity index (χ1v) is 13.0. The van der Waals surface area contributed by atoms with Gasteiger partial charge < -0.3 is 30.0 Å². The summed E-state index contributed by atoms with van der Waals surface area (Å²) in [5.74, 6) is 1.57. The summed E-state index contributed by atoms with van der Waals surface area (Å²) in [6.07, 6.45) is 9.63. The van der Waals surface area contributed by atoms with Gasteiger partial charge in [-0.05, 0) is 74.5 Å². The van der Waals surface area contributed by atoms with Gasteiger partial charge in [-0.2, -0.15) is 0 Å². The van der Waals surface area contributed by atoms with E-state index in [1.54, 1.807) is 25.7 Å². The van der Waals surface area contributed by atoms with Crippen molar-refractivity contribution in [3.63, 3.8) is 0 Å². The summed E-state index contributed by atoms with van der Waals surface area (Å²) in [6, 6.07) is 9.70. The molecule has 1 atom stereocenters. The molecule has 1 unspecified atom stereocenters. The smallest absolute Gasteiger partial charge is 0.236 e. The summed E-state index contributed by atoms with van der Waals surface area (Å²) in [5.41, 5.74) is 4.94. The molecule has 0 saturated carbocycles. The van der Waals surface area contributed by atoms with E-state index in [0.717, 1.165) is 49.0 Å². The minimum absolute atomic E-state index is 0.189. The van der Waals surface area contributed by atoms with Crippen molar-refractivity contribution >= 4 is 29.8 Å². The Morgan fingerprint density at radius 3 is 2.62 bits per heavy atom. The van der Waals surface area contributed by atoms with Crippen LogP contribution in [0.15, 0.2) is 48.9 Å². The number of nitrogens with one attached hydrogen (secondary N) is 2. The first-order chi connectivity index (χ1) is 18.9. The molecule has 5 rings (SSSR count). The second-order valence-corrected chi connectivity index (χ2v) is 10.1. The van der Waals surface area contributed by atoms with E-state index < -0.39 is 6.04 Å². The molecule has 0 radical (unpaired) electrons. The molecule has 2 aliphatic heterocycles. The van der Waals surface area contributed by atoms with Crippen LogP contribution in [0.25, 0.3) is 17.5 Å². The van der Waals surface area contributed by atoms with Crippen LogP contribution in [0, 0.1) is 0 Å². The van der Waals surface area contributed by atoms with Crippen LogP contribution in [0.5, 0.6) is 5.88 Å². The highest BCUT2D eigenvalue weighted by Gasteiger charge is 2.25. The molecule has 10 heteroatoms. The van der Waals surface area contributed by atoms with E-state index in [1.807, 2.05) is 48.2 Å². The first-order valence-electron chi connectivity index (χ1n) is 13.0. The molecule has 0 bridgehead atoms. The van der Waals surface area contributed by atoms with Crippen molar-refractivity contribution in [1.29, 1.82) is 0 Å². The van der Waals surface area contributed by atoms with Gasteiger partial charge in [0.05, 0.1) is 31.7 Å². The number of carbonyl (C=O) groups is 2. The number of benzene rings is 1. The maximum Gasteiger partial charge on any atom is 0.236 e. The lowest BCUT2D eigenvalue weighted by Gasteiger charge is -2.33. The van der Waals surface area contributed by atoms with Crippen LogP contribution in [-0.2, 0) is 9.59 Å². The molecule has 1 amide bonds. The quantitative estimate of drug-likeness (QED) is 0.426. The Bertz CT molecular complexity index is 1370. The van der Waals surface area contributed by atoms with Gasteiger partial charge >= 0.3 is 0 Å². The summed E-state index contributed by atoms with van der Waals surface area (Å²) in [7, 11) is 5.38. The molecule has 0 spiro atoms. The van der Waals surface area contributed by atoms with E-state index >= 15 is 0 Å². The molecule has 2 N–H and O–H groups in total. The van der Waals surface area contributed by atoms with Crippen LogP contribution < -0.4 is 15.4 Å². The predicted octanol–water partition coefficient (Wildman–Crippen LogP) is 3.37. The minimum atomic E-state index is -0.523. The van der Waals surface area contributed by atoms with Crippen molar-refractivity contribution in [3.8, 4) is 17.3 Å². The van der Waals surface area contributed by atoms with Gasteiger partial charge in [0.2, 0.25) is 11.8 Å². The highest BCUT2D eigenvalue weighted by Crippen LogP contribution is 2.35. The Morgan fingerprint density at radius 1 is 1.15 bits per heavy atom. The summed E-state index contributed by atoms with van der Waals surface area (Å²) >= 11 is 0. The van der Waals surface area contributed by atoms with Gasteiger partial charge in [-0.3, -0.25) is 9.78 Å². The molecular weight excluding hydrogens is 494 g/mol. The fourth-order valence-corrected chi connectivity index (χ4v) is 5.08. The molecule has 10 nitrogen and oxygen atoms in total. The maximum absolute atomic E-state index is 12.4. The predicted molar refractivity (Wildman–Crippen MR) is 150 cm³/mol. The highest BCUT2D eigenvalue weighted by molar-refractivity contribution is 5.80. The van der Waals surface area contributed by atoms with Crippen molar-refractivity contribution in [1.82, 2.24) is 30.1 Å². The van der Waals surface area contributed by atoms with Crippen LogP contribution in [0.3, 0.4) is 0 Å². The maximum atomic E-state index is 12.4. The molecule has 1 fully saturated rings. The van der Waals surface area contributed by atoms with Gasteiger partial charge in [0.15, 0.2) is 0 Å². The zero-order chi connectivity index (χ0) is 27.4. The number of hydrogen-bond donors (Lipinski definition) is 2. The molecule has 39 heavy (non-hydrogen) atoms. The van der Waals surface area contributed by atoms with E-state index in [0.29, 0.717) is 35.5 Å². The molecule has 4 heterocycles. The van der Waals surface area contributed by atoms with Gasteiger partial charge in [0.1, 0.15) is 23.8 Å². The zero-order valence-corrected chi connectivity index (χ0v) is 22.4. The van der Waals surface area contributed by atoms with Crippen LogP contribution in [0.1, 0.15) is 41.5 Å². The number of likely N-dealkylation sites (N-methyl/N-ethyl adjacent to an activating group) is 1. The fourth-order valence-electron chi connectivity index (χ4n) is 5.08. The van der Waals surface area contributed by atoms with Gasteiger partial charge in [-0.15, -0.1) is 0 Å². The van der Waals surface area contributed by atoms with E-state index in [4.69, 9.17) is 9.72 Å². The van der Waals surface area contributed by atoms with Crippen LogP contribution in [0.2, 0.25) is 0 Å². The molecule has 0 aliphatic carbocycles. The van der Waals surface area contributed by atoms with Gasteiger partial charge in [-0.1, -0.05) is 12.1 Å². The highest BCUT2D eigenvalue weighted by atomic mass is 16.5. The van der Waals surface area contributed by atoms with E-state index in [1.165, 1.54) is 5.56 Å². The lowest BCUT2D eigenvalue weighted by Crippen LogP contribution is -2.42. The monoisotopic (exact) mass is 527 g/mol. The van der Waals surface area contributed by atoms with Crippen LogP contribution in [-0.4, -0.2) is 77.8 Å². The summed E-state index contributed by atoms with van der Waals surface area (Å²) < 4.78 is 5.23. The molecule has 2 aliphatic rings. The number of nitrogens with zero attached hydrogens (tertiary/aromatic N) is 5. The number of ether oxygens (including phenoxy) is 1. The van der Waals surface area contributed by atoms with E-state index in [2.05, 4.69) is 32.7 Å². The fraction of sp³-hybridized carbons (Fsp3) is 0.345. The molecule has 1 saturated heterocycles. The first kappa shape index (κ1) is 26.3. The van der Waals surface area contributed by atoms with Gasteiger partial charge in [0, 0.05) is 24.3 Å². The van der Waals surface area contributed by atoms with Crippen molar-refractivity contribution in [2.75, 3.05) is 46.2 Å². The third-order valence-corrected chi connectivity index (χ3v) is 7.10. The Labute approximate surface area is 228 Å². The van der Waals surface area contributed by atoms with Crippen molar-refractivity contribution < 1.29 is 14.3 Å². The standard InChI is InChI=1S/C29H33N7O3/c1-35(2)17-27(38)36-12-9-20(10-13-36)19-4-6-22(7-5-19)32-29-28-21(8-11-31-25(28)18-37)14-23(34-29)24-15-30-16-26(33-24)39-3/h4-8,11,14-16,18,20,25,31H,9-10,12-13,17H2,1-3H3,(H,32,34). The lowest BCUT2D eigenvalue weighted by molar-refractivity contribution is -0.132. The number of fused-ring (bicyclic) bond motifs is 1. The molecule has 3 aromatic rings. The second kappa shape index (κ2) is 11.6. The summed E-state index contributed by atoms with van der Waals surface area (Å²) in [6.45, 7) is 2.01. The Morgan fingerprint density at radius 2 is 1.92 bits per heavy atom. The second-order valence-electron chi connectivity index (χ2n) is 10.1. The van der Waals surface area contributed by atoms with Crippen LogP contribution >= 0.6 is 0 Å². The molecule has 202 valence electrons. The number of carbonyl (C=O) groups excluding carboxylic acids is 2. The number of hydrogen-bond acceptors (Lipinski definition) is 9. The number of piperidine rings is 1. The van der Waals surface area contributed by atoms with Gasteiger partial charge in [-0.25, -0.2) is 9.97 Å². The number of rotatable bonds is 8. The van der Waals surface area contributed by atoms with Crippen LogP contribution in [0.4, 0.5) is 11.5 Å². The Kier molecular flexibility index (Phi) is 7.83. The number of anilines is 2. The normalized spacial score (nSPS) is 16.9. The third-order valence-electron chi connectivity index (χ3n) is 7.10. The molecule has 2 aromatic heterocycles. The summed E-state index contributed by atoms with van der Waals surface area (Å²) in [4.78, 5) is 41.7. The summed E-state index contributed by atoms with van der Waals surface area (Å²) in [5, 5.41) is 6.52. The number of aldehydes is 1. The molecular formula is C29H33N7O3. The van der Waals surface area contributed by atoms with Crippen molar-refractivity contribution in [2.45, 2.75) is 24.8 Å². The zero-order valence-electron chi connectivity index (χ0n) is 22.4. The number of aromatic nitrogens is 3. The Hall–Kier alpha value is -4.31. The van der Waals surface area contributed by atoms with Crippen molar-refractivity contribution in [2.24, 2.45) is 0 Å². The Balaban J connectivity index is 1.36. The largest absolute Gasteiger partial charge is 0.480 e. The van der Waals surface area contributed by atoms with E-state index in [9.17, 15) is 9.59 Å². The number of amides is 1. The number of pyridine rings is 1. The minimum Gasteiger partial charge on any atom is -0.480 e. The van der Waals surface area contributed by atoms with E-state index in [-0.39, 0.29) is 5.91 Å². The molecule has 1 aromatic carbocycles. The van der Waals surface area contributed by atoms with Gasteiger partial charge in [0.25, 0.3) is 0 Å². The van der Waals surface area contributed by atoms with Crippen molar-refractivity contribution in [3.05, 3.63) is 65.6 Å². The topological polar surface area (TPSA) is 113 Å². The number of methoxy groups -OCH3 is 1.